The van der Waals surface area contributed by atoms with Gasteiger partial charge in [0.05, 0.1) is 18.2 Å². The number of carbonyl (C=O) groups excluding carboxylic acids is 1. The van der Waals surface area contributed by atoms with E-state index in [1.54, 1.807) is 0 Å². The van der Waals surface area contributed by atoms with Crippen molar-refractivity contribution in [2.45, 2.75) is 26.3 Å². The average Bonchev–Trinajstić information content (AvgIpc) is 2.89. The monoisotopic (exact) mass is 293 g/mol. The van der Waals surface area contributed by atoms with Crippen LogP contribution in [0, 0.1) is 6.92 Å². The Labute approximate surface area is 129 Å². The van der Waals surface area contributed by atoms with E-state index in [1.807, 2.05) is 60.1 Å². The summed E-state index contributed by atoms with van der Waals surface area (Å²) < 4.78 is 1.92. The maximum atomic E-state index is 12.2. The maximum absolute atomic E-state index is 12.2. The molecule has 0 aliphatic carbocycles. The van der Waals surface area contributed by atoms with Crippen molar-refractivity contribution in [3.63, 3.8) is 0 Å². The lowest BCUT2D eigenvalue weighted by molar-refractivity contribution is -0.121. The third-order valence-corrected chi connectivity index (χ3v) is 3.79. The van der Waals surface area contributed by atoms with Crippen LogP contribution in [0.3, 0.4) is 0 Å². The van der Waals surface area contributed by atoms with Gasteiger partial charge in [0.15, 0.2) is 0 Å². The third kappa shape index (κ3) is 3.01. The van der Waals surface area contributed by atoms with E-state index in [1.165, 1.54) is 5.56 Å². The number of aromatic nitrogens is 2. The predicted molar refractivity (Wildman–Crippen MR) is 86.6 cm³/mol. The highest BCUT2D eigenvalue weighted by atomic mass is 16.1. The van der Waals surface area contributed by atoms with E-state index in [0.29, 0.717) is 0 Å². The largest absolute Gasteiger partial charge is 0.349 e. The van der Waals surface area contributed by atoms with Crippen LogP contribution in [0.15, 0.2) is 54.9 Å². The smallest absolute Gasteiger partial charge is 0.226 e. The highest BCUT2D eigenvalue weighted by molar-refractivity contribution is 5.78. The Morgan fingerprint density at radius 1 is 1.23 bits per heavy atom. The van der Waals surface area contributed by atoms with Crippen molar-refractivity contribution in [2.75, 3.05) is 0 Å². The first-order valence-corrected chi connectivity index (χ1v) is 7.41. The molecule has 0 fully saturated rings. The quantitative estimate of drug-likeness (QED) is 0.803. The predicted octanol–water partition coefficient (Wildman–Crippen LogP) is 3.06. The second kappa shape index (κ2) is 6.02. The van der Waals surface area contributed by atoms with Crippen molar-refractivity contribution in [3.05, 3.63) is 71.7 Å². The van der Waals surface area contributed by atoms with Crippen LogP contribution < -0.4 is 5.32 Å². The van der Waals surface area contributed by atoms with Crippen LogP contribution in [0.1, 0.15) is 29.8 Å². The van der Waals surface area contributed by atoms with E-state index in [0.717, 1.165) is 16.9 Å². The molecule has 0 spiro atoms. The molecule has 1 amide bonds. The van der Waals surface area contributed by atoms with Gasteiger partial charge in [0.2, 0.25) is 5.91 Å². The number of hydrogen-bond acceptors (Lipinski definition) is 2. The van der Waals surface area contributed by atoms with Crippen molar-refractivity contribution in [2.24, 2.45) is 0 Å². The van der Waals surface area contributed by atoms with Crippen LogP contribution in [0.2, 0.25) is 0 Å². The Morgan fingerprint density at radius 2 is 2.00 bits per heavy atom. The van der Waals surface area contributed by atoms with Gasteiger partial charge in [-0.3, -0.25) is 4.79 Å². The molecular formula is C18H19N3O. The highest BCUT2D eigenvalue weighted by Gasteiger charge is 2.13. The Balaban J connectivity index is 1.68. The molecule has 0 saturated heterocycles. The number of aryl methyl sites for hydroxylation is 1. The number of carbonyl (C=O) groups is 1. The average molecular weight is 293 g/mol. The molecule has 1 aromatic carbocycles. The number of hydrogen-bond donors (Lipinski definition) is 1. The number of amides is 1. The molecule has 1 N–H and O–H groups in total. The lowest BCUT2D eigenvalue weighted by atomic mass is 10.0. The fourth-order valence-electron chi connectivity index (χ4n) is 2.68. The van der Waals surface area contributed by atoms with Crippen molar-refractivity contribution in [1.82, 2.24) is 14.7 Å². The van der Waals surface area contributed by atoms with Crippen LogP contribution in [0.5, 0.6) is 0 Å². The zero-order valence-electron chi connectivity index (χ0n) is 12.8. The zero-order valence-corrected chi connectivity index (χ0v) is 12.8. The van der Waals surface area contributed by atoms with Crippen molar-refractivity contribution in [3.8, 4) is 0 Å². The molecule has 22 heavy (non-hydrogen) atoms. The molecule has 2 aromatic heterocycles. The molecule has 0 saturated carbocycles. The Kier molecular flexibility index (Phi) is 3.92. The first-order valence-electron chi connectivity index (χ1n) is 7.41. The van der Waals surface area contributed by atoms with Crippen LogP contribution in [0.25, 0.3) is 5.65 Å². The summed E-state index contributed by atoms with van der Waals surface area (Å²) in [6.45, 7) is 4.06. The van der Waals surface area contributed by atoms with Gasteiger partial charge in [0, 0.05) is 12.4 Å². The van der Waals surface area contributed by atoms with E-state index in [-0.39, 0.29) is 18.4 Å². The van der Waals surface area contributed by atoms with Gasteiger partial charge in [-0.2, -0.15) is 0 Å². The molecule has 3 aromatic rings. The molecule has 4 nitrogen and oxygen atoms in total. The van der Waals surface area contributed by atoms with Crippen molar-refractivity contribution >= 4 is 11.6 Å². The fourth-order valence-corrected chi connectivity index (χ4v) is 2.68. The summed E-state index contributed by atoms with van der Waals surface area (Å²) in [5.74, 6) is -0.0147. The number of pyridine rings is 1. The summed E-state index contributed by atoms with van der Waals surface area (Å²) in [4.78, 5) is 16.7. The number of nitrogens with one attached hydrogen (secondary N) is 1. The van der Waals surface area contributed by atoms with Crippen LogP contribution in [0.4, 0.5) is 0 Å². The minimum Gasteiger partial charge on any atom is -0.349 e. The normalized spacial score (nSPS) is 12.3. The van der Waals surface area contributed by atoms with Gasteiger partial charge in [-0.1, -0.05) is 30.3 Å². The highest BCUT2D eigenvalue weighted by Crippen LogP contribution is 2.16. The lowest BCUT2D eigenvalue weighted by Gasteiger charge is -2.16. The minimum atomic E-state index is -0.0147. The molecule has 112 valence electrons. The summed E-state index contributed by atoms with van der Waals surface area (Å²) in [7, 11) is 0. The molecule has 4 heteroatoms. The lowest BCUT2D eigenvalue weighted by Crippen LogP contribution is -2.28. The number of imidazole rings is 1. The first kappa shape index (κ1) is 14.3. The Bertz CT molecular complexity index is 774. The topological polar surface area (TPSA) is 46.4 Å². The van der Waals surface area contributed by atoms with Gasteiger partial charge < -0.3 is 9.72 Å². The molecular weight excluding hydrogens is 274 g/mol. The molecule has 3 rings (SSSR count). The van der Waals surface area contributed by atoms with E-state index in [9.17, 15) is 4.79 Å². The molecule has 1 atom stereocenters. The van der Waals surface area contributed by atoms with E-state index in [2.05, 4.69) is 23.3 Å². The van der Waals surface area contributed by atoms with Crippen LogP contribution in [-0.4, -0.2) is 15.3 Å². The summed E-state index contributed by atoms with van der Waals surface area (Å²) in [5.41, 5.74) is 3.96. The van der Waals surface area contributed by atoms with Crippen LogP contribution >= 0.6 is 0 Å². The molecule has 0 aliphatic rings. The molecule has 0 radical (unpaired) electrons. The number of benzene rings is 1. The summed E-state index contributed by atoms with van der Waals surface area (Å²) >= 11 is 0. The van der Waals surface area contributed by atoms with Crippen molar-refractivity contribution in [1.29, 1.82) is 0 Å². The van der Waals surface area contributed by atoms with Crippen LogP contribution in [-0.2, 0) is 11.2 Å². The summed E-state index contributed by atoms with van der Waals surface area (Å²) in [6.07, 6.45) is 4.12. The SMILES string of the molecule is Cc1ccccc1[C@H](C)NC(=O)Cc1cn2ccccc2n1. The first-order chi connectivity index (χ1) is 10.6. The standard InChI is InChI=1S/C18H19N3O/c1-13-7-3-4-8-16(13)14(2)19-18(22)11-15-12-21-10-6-5-9-17(21)20-15/h3-10,12,14H,11H2,1-2H3,(H,19,22)/t14-/m0/s1. The maximum Gasteiger partial charge on any atom is 0.226 e. The van der Waals surface area contributed by atoms with E-state index < -0.39 is 0 Å². The Morgan fingerprint density at radius 3 is 2.77 bits per heavy atom. The third-order valence-electron chi connectivity index (χ3n) is 3.79. The molecule has 2 heterocycles. The number of fused-ring (bicyclic) bond motifs is 1. The van der Waals surface area contributed by atoms with Gasteiger partial charge in [-0.05, 0) is 37.1 Å². The number of nitrogens with zero attached hydrogens (tertiary/aromatic N) is 2. The summed E-state index contributed by atoms with van der Waals surface area (Å²) in [6, 6.07) is 13.9. The Hall–Kier alpha value is -2.62. The fraction of sp³-hybridized carbons (Fsp3) is 0.222. The van der Waals surface area contributed by atoms with Gasteiger partial charge in [0.1, 0.15) is 5.65 Å². The van der Waals surface area contributed by atoms with E-state index in [4.69, 9.17) is 0 Å². The van der Waals surface area contributed by atoms with Gasteiger partial charge in [-0.15, -0.1) is 0 Å². The molecule has 0 bridgehead atoms. The van der Waals surface area contributed by atoms with E-state index >= 15 is 0 Å². The zero-order chi connectivity index (χ0) is 15.5. The molecule has 0 aliphatic heterocycles. The van der Waals surface area contributed by atoms with Gasteiger partial charge in [0.25, 0.3) is 0 Å². The second-order valence-corrected chi connectivity index (χ2v) is 5.52. The number of rotatable bonds is 4. The van der Waals surface area contributed by atoms with Gasteiger partial charge in [-0.25, -0.2) is 4.98 Å². The second-order valence-electron chi connectivity index (χ2n) is 5.52. The minimum absolute atomic E-state index is 0.00858. The summed E-state index contributed by atoms with van der Waals surface area (Å²) in [5, 5.41) is 3.04. The molecule has 0 unspecified atom stereocenters. The van der Waals surface area contributed by atoms with Gasteiger partial charge >= 0.3 is 0 Å². The van der Waals surface area contributed by atoms with Crippen molar-refractivity contribution < 1.29 is 4.79 Å².